The van der Waals surface area contributed by atoms with Crippen LogP contribution in [0.25, 0.3) is 16.9 Å². The first-order valence-corrected chi connectivity index (χ1v) is 13.1. The van der Waals surface area contributed by atoms with Gasteiger partial charge in [0.1, 0.15) is 22.8 Å². The molecule has 1 N–H and O–H groups in total. The minimum Gasteiger partial charge on any atom is -0.477 e. The third-order valence-corrected chi connectivity index (χ3v) is 8.17. The van der Waals surface area contributed by atoms with E-state index in [1.165, 1.54) is 16.3 Å². The number of anilines is 1. The predicted molar refractivity (Wildman–Crippen MR) is 136 cm³/mol. The van der Waals surface area contributed by atoms with Crippen LogP contribution in [0, 0.1) is 6.92 Å². The van der Waals surface area contributed by atoms with E-state index in [-0.39, 0.29) is 11.7 Å². The molecule has 2 unspecified atom stereocenters. The lowest BCUT2D eigenvalue weighted by Crippen LogP contribution is -2.46. The van der Waals surface area contributed by atoms with E-state index in [0.717, 1.165) is 66.9 Å². The molecule has 2 aliphatic heterocycles. The van der Waals surface area contributed by atoms with Crippen molar-refractivity contribution < 1.29 is 19.2 Å². The summed E-state index contributed by atoms with van der Waals surface area (Å²) in [6, 6.07) is 10.9. The molecule has 2 saturated heterocycles. The molecular formula is C28H29N5O4. The smallest absolute Gasteiger partial charge is 0.341 e. The zero-order valence-electron chi connectivity index (χ0n) is 20.7. The Kier molecular flexibility index (Phi) is 5.28. The van der Waals surface area contributed by atoms with Crippen LogP contribution in [0.2, 0.25) is 0 Å². The number of hydrogen-bond acceptors (Lipinski definition) is 7. The number of carboxylic acids is 1. The summed E-state index contributed by atoms with van der Waals surface area (Å²) in [6.45, 7) is 2.61. The molecular weight excluding hydrogens is 470 g/mol. The van der Waals surface area contributed by atoms with Crippen LogP contribution in [-0.2, 0) is 11.3 Å². The lowest BCUT2D eigenvalue weighted by Gasteiger charge is -2.39. The highest BCUT2D eigenvalue weighted by Gasteiger charge is 2.42. The molecule has 4 aromatic rings. The number of aromatic nitrogens is 4. The Morgan fingerprint density at radius 1 is 1.14 bits per heavy atom. The zero-order chi connectivity index (χ0) is 25.1. The lowest BCUT2D eigenvalue weighted by molar-refractivity contribution is 0.0146. The molecule has 1 saturated carbocycles. The van der Waals surface area contributed by atoms with Gasteiger partial charge in [0.2, 0.25) is 0 Å². The molecule has 3 aromatic heterocycles. The van der Waals surface area contributed by atoms with Gasteiger partial charge in [0, 0.05) is 35.3 Å². The van der Waals surface area contributed by atoms with E-state index in [4.69, 9.17) is 14.2 Å². The van der Waals surface area contributed by atoms with Crippen molar-refractivity contribution in [3.05, 3.63) is 65.2 Å². The first-order valence-electron chi connectivity index (χ1n) is 13.1. The Morgan fingerprint density at radius 3 is 2.65 bits per heavy atom. The second-order valence-corrected chi connectivity index (χ2v) is 10.6. The van der Waals surface area contributed by atoms with Crippen LogP contribution in [0.4, 0.5) is 5.82 Å². The maximum Gasteiger partial charge on any atom is 0.341 e. The molecule has 2 bridgehead atoms. The minimum atomic E-state index is -1.01. The van der Waals surface area contributed by atoms with Crippen molar-refractivity contribution in [3.63, 3.8) is 0 Å². The van der Waals surface area contributed by atoms with E-state index in [0.29, 0.717) is 30.3 Å². The van der Waals surface area contributed by atoms with Crippen molar-refractivity contribution >= 4 is 17.4 Å². The fraction of sp³-hybridized carbons (Fsp3) is 0.429. The van der Waals surface area contributed by atoms with Gasteiger partial charge in [-0.05, 0) is 57.1 Å². The van der Waals surface area contributed by atoms with Crippen LogP contribution in [-0.4, -0.2) is 49.0 Å². The number of piperidine rings is 1. The van der Waals surface area contributed by atoms with Crippen LogP contribution >= 0.6 is 0 Å². The molecule has 3 fully saturated rings. The minimum absolute atomic E-state index is 0.122. The van der Waals surface area contributed by atoms with Crippen LogP contribution in [0.5, 0.6) is 0 Å². The second kappa shape index (κ2) is 8.69. The average Bonchev–Trinajstić information content (AvgIpc) is 3.41. The Labute approximate surface area is 214 Å². The third kappa shape index (κ3) is 3.89. The Morgan fingerprint density at radius 2 is 1.92 bits per heavy atom. The molecule has 190 valence electrons. The van der Waals surface area contributed by atoms with Crippen LogP contribution in [0.3, 0.4) is 0 Å². The Bertz CT molecular complexity index is 1480. The van der Waals surface area contributed by atoms with Gasteiger partial charge in [-0.25, -0.2) is 14.3 Å². The van der Waals surface area contributed by atoms with Crippen molar-refractivity contribution in [1.82, 2.24) is 19.8 Å². The van der Waals surface area contributed by atoms with Gasteiger partial charge in [0.15, 0.2) is 5.65 Å². The van der Waals surface area contributed by atoms with E-state index in [2.05, 4.69) is 34.2 Å². The summed E-state index contributed by atoms with van der Waals surface area (Å²) in [5.41, 5.74) is 4.80. The maximum absolute atomic E-state index is 11.6. The Hall–Kier alpha value is -3.72. The fourth-order valence-electron chi connectivity index (χ4n) is 6.17. The highest BCUT2D eigenvalue weighted by atomic mass is 16.5. The van der Waals surface area contributed by atoms with Crippen LogP contribution < -0.4 is 4.90 Å². The number of hydrogen-bond donors (Lipinski definition) is 1. The van der Waals surface area contributed by atoms with Gasteiger partial charge in [0.05, 0.1) is 18.9 Å². The van der Waals surface area contributed by atoms with Gasteiger partial charge in [0.25, 0.3) is 0 Å². The summed E-state index contributed by atoms with van der Waals surface area (Å²) < 4.78 is 14.0. The summed E-state index contributed by atoms with van der Waals surface area (Å²) in [5, 5.41) is 18.1. The van der Waals surface area contributed by atoms with E-state index in [1.54, 1.807) is 6.20 Å². The molecule has 7 rings (SSSR count). The van der Waals surface area contributed by atoms with Crippen LogP contribution in [0.1, 0.15) is 71.7 Å². The topological polar surface area (TPSA) is 106 Å². The highest BCUT2D eigenvalue weighted by Crippen LogP contribution is 2.45. The van der Waals surface area contributed by atoms with Crippen molar-refractivity contribution in [2.24, 2.45) is 0 Å². The summed E-state index contributed by atoms with van der Waals surface area (Å²) in [5.74, 6) is 1.26. The van der Waals surface area contributed by atoms with Crippen molar-refractivity contribution in [2.75, 3.05) is 4.90 Å². The number of benzene rings is 1. The van der Waals surface area contributed by atoms with Crippen molar-refractivity contribution in [1.29, 1.82) is 0 Å². The van der Waals surface area contributed by atoms with Gasteiger partial charge in [-0.15, -0.1) is 0 Å². The standard InChI is InChI=1S/C28H29N5O4/c1-16-4-2-3-5-21(16)25-23(26(37-31-25)17-6-7-17)15-36-20-12-18-8-9-19(13-20)33(18)24-10-11-32-27(30-24)22(14-29-32)28(34)35/h2-5,10-11,14,17-20H,6-9,12-13,15H2,1H3,(H,34,35)/t18-,19?,20?/m0/s1. The summed E-state index contributed by atoms with van der Waals surface area (Å²) >= 11 is 0. The van der Waals surface area contributed by atoms with Gasteiger partial charge in [-0.3, -0.25) is 0 Å². The quantitative estimate of drug-likeness (QED) is 0.379. The molecule has 37 heavy (non-hydrogen) atoms. The molecule has 1 aromatic carbocycles. The summed E-state index contributed by atoms with van der Waals surface area (Å²) in [6.07, 6.45) is 9.59. The molecule has 3 atom stereocenters. The van der Waals surface area contributed by atoms with Crippen molar-refractivity contribution in [2.45, 2.75) is 76.2 Å². The van der Waals surface area contributed by atoms with E-state index < -0.39 is 5.97 Å². The molecule has 9 heteroatoms. The number of nitrogens with zero attached hydrogens (tertiary/aromatic N) is 5. The van der Waals surface area contributed by atoms with E-state index >= 15 is 0 Å². The number of aromatic carboxylic acids is 1. The molecule has 0 amide bonds. The molecule has 9 nitrogen and oxygen atoms in total. The largest absolute Gasteiger partial charge is 0.477 e. The lowest BCUT2D eigenvalue weighted by atomic mass is 9.98. The molecule has 1 aliphatic carbocycles. The number of aryl methyl sites for hydroxylation is 1. The number of rotatable bonds is 7. The monoisotopic (exact) mass is 499 g/mol. The van der Waals surface area contributed by atoms with Gasteiger partial charge in [-0.2, -0.15) is 5.10 Å². The fourth-order valence-corrected chi connectivity index (χ4v) is 6.17. The van der Waals surface area contributed by atoms with Crippen molar-refractivity contribution in [3.8, 4) is 11.3 Å². The molecule has 5 heterocycles. The predicted octanol–water partition coefficient (Wildman–Crippen LogP) is 4.98. The first kappa shape index (κ1) is 22.5. The van der Waals surface area contributed by atoms with E-state index in [1.807, 2.05) is 18.2 Å². The summed E-state index contributed by atoms with van der Waals surface area (Å²) in [7, 11) is 0. The normalized spacial score (nSPS) is 23.2. The average molecular weight is 500 g/mol. The number of fused-ring (bicyclic) bond motifs is 3. The maximum atomic E-state index is 11.6. The van der Waals surface area contributed by atoms with Crippen LogP contribution in [0.15, 0.2) is 47.2 Å². The zero-order valence-corrected chi connectivity index (χ0v) is 20.7. The first-order chi connectivity index (χ1) is 18.1. The van der Waals surface area contributed by atoms with Gasteiger partial charge < -0.3 is 19.3 Å². The summed E-state index contributed by atoms with van der Waals surface area (Å²) in [4.78, 5) is 18.7. The highest BCUT2D eigenvalue weighted by molar-refractivity contribution is 5.94. The second-order valence-electron chi connectivity index (χ2n) is 10.6. The van der Waals surface area contributed by atoms with E-state index in [9.17, 15) is 9.90 Å². The van der Waals surface area contributed by atoms with Gasteiger partial charge >= 0.3 is 5.97 Å². The Balaban J connectivity index is 1.10. The molecule has 3 aliphatic rings. The van der Waals surface area contributed by atoms with Gasteiger partial charge in [-0.1, -0.05) is 29.4 Å². The SMILES string of the molecule is Cc1ccccc1-c1noc(C2CC2)c1COC1CC2CC[C@@H](C1)N2c1ccn2ncc(C(=O)O)c2n1. The number of carboxylic acid groups (broad SMARTS) is 1. The molecule has 0 radical (unpaired) electrons. The molecule has 0 spiro atoms. The third-order valence-electron chi connectivity index (χ3n) is 8.17. The number of ether oxygens (including phenoxy) is 1. The number of carbonyl (C=O) groups is 1.